The van der Waals surface area contributed by atoms with Crippen LogP contribution in [0.4, 0.5) is 8.78 Å². The van der Waals surface area contributed by atoms with E-state index in [0.717, 1.165) is 67.6 Å². The number of fused-ring (bicyclic) bond motifs is 6. The van der Waals surface area contributed by atoms with Gasteiger partial charge < -0.3 is 28.8 Å². The Labute approximate surface area is 579 Å². The molecule has 0 unspecified atom stereocenters. The second-order valence-electron chi connectivity index (χ2n) is 36.7. The minimum Gasteiger partial charge on any atom is -0.505 e. The molecule has 8 heteroatoms. The van der Waals surface area contributed by atoms with Crippen molar-refractivity contribution in [1.82, 2.24) is 9.13 Å². The molecule has 0 spiro atoms. The summed E-state index contributed by atoms with van der Waals surface area (Å²) >= 11 is 0. The molecule has 0 aliphatic rings. The minimum atomic E-state index is -0.430. The molecule has 97 heavy (non-hydrogen) atoms. The van der Waals surface area contributed by atoms with Gasteiger partial charge in [0.25, 0.3) is 0 Å². The van der Waals surface area contributed by atoms with Gasteiger partial charge in [0.2, 0.25) is 0 Å². The summed E-state index contributed by atoms with van der Waals surface area (Å²) in [6.07, 6.45) is 2.05. The van der Waals surface area contributed by atoms with Crippen LogP contribution in [-0.2, 0) is 32.5 Å². The summed E-state index contributed by atoms with van der Waals surface area (Å²) < 4.78 is 52.0. The Morgan fingerprint density at radius 2 is 0.629 bits per heavy atom. The van der Waals surface area contributed by atoms with E-state index in [-0.39, 0.29) is 69.0 Å². The Balaban J connectivity index is 1.11. The van der Waals surface area contributed by atoms with Gasteiger partial charge in [-0.2, -0.15) is 0 Å². The Bertz CT molecular complexity index is 4220. The fourth-order valence-corrected chi connectivity index (χ4v) is 15.3. The summed E-state index contributed by atoms with van der Waals surface area (Å²) in [5.41, 5.74) is 13.5. The molecule has 0 fully saturated rings. The van der Waals surface area contributed by atoms with Gasteiger partial charge in [0.05, 0.1) is 46.7 Å². The molecule has 10 aromatic rings. The summed E-state index contributed by atoms with van der Waals surface area (Å²) in [6, 6.07) is 41.5. The van der Waals surface area contributed by atoms with Gasteiger partial charge in [0, 0.05) is 61.3 Å². The Morgan fingerprint density at radius 3 is 0.876 bits per heavy atom. The summed E-state index contributed by atoms with van der Waals surface area (Å²) in [7, 11) is 0. The van der Waals surface area contributed by atoms with Crippen molar-refractivity contribution in [3.8, 4) is 56.6 Å². The van der Waals surface area contributed by atoms with Crippen molar-refractivity contribution in [2.75, 3.05) is 13.2 Å². The van der Waals surface area contributed by atoms with E-state index >= 15 is 8.78 Å². The number of rotatable bonds is 16. The first-order valence-electron chi connectivity index (χ1n) is 35.5. The van der Waals surface area contributed by atoms with Crippen LogP contribution in [0.1, 0.15) is 256 Å². The zero-order chi connectivity index (χ0) is 71.6. The average molecular weight is 1310 g/mol. The predicted molar refractivity (Wildman–Crippen MR) is 408 cm³/mol. The molecule has 0 radical (unpaired) electrons. The van der Waals surface area contributed by atoms with Crippen molar-refractivity contribution in [3.05, 3.63) is 177 Å². The van der Waals surface area contributed by atoms with Crippen LogP contribution in [0.5, 0.6) is 23.0 Å². The van der Waals surface area contributed by atoms with Gasteiger partial charge in [0.1, 0.15) is 34.6 Å². The van der Waals surface area contributed by atoms with E-state index in [1.807, 2.05) is 27.7 Å². The van der Waals surface area contributed by atoms with Crippen molar-refractivity contribution >= 4 is 43.6 Å². The maximum atomic E-state index is 16.7. The van der Waals surface area contributed by atoms with E-state index in [9.17, 15) is 10.2 Å². The quantitative estimate of drug-likeness (QED) is 0.0946. The third kappa shape index (κ3) is 14.6. The molecule has 0 atom stereocenters. The van der Waals surface area contributed by atoms with Crippen LogP contribution in [0.2, 0.25) is 0 Å². The molecule has 0 amide bonds. The third-order valence-corrected chi connectivity index (χ3v) is 19.9. The molecule has 2 heterocycles. The lowest BCUT2D eigenvalue weighted by Crippen LogP contribution is -2.25. The normalized spacial score (nSPS) is 13.4. The summed E-state index contributed by atoms with van der Waals surface area (Å²) in [6.45, 7) is 57.8. The van der Waals surface area contributed by atoms with Crippen molar-refractivity contribution in [3.63, 3.8) is 0 Å². The van der Waals surface area contributed by atoms with Crippen LogP contribution in [0, 0.1) is 22.5 Å². The number of phenolic OH excluding ortho intramolecular Hbond substituents is 2. The van der Waals surface area contributed by atoms with Crippen LogP contribution in [-0.4, -0.2) is 32.6 Å². The number of nitrogens with zero attached hydrogens (tertiary/aromatic N) is 2. The van der Waals surface area contributed by atoms with Gasteiger partial charge in [-0.05, 0) is 174 Å². The molecule has 2 aromatic heterocycles. The van der Waals surface area contributed by atoms with Crippen LogP contribution in [0.3, 0.4) is 0 Å². The molecule has 516 valence electrons. The van der Waals surface area contributed by atoms with E-state index in [1.54, 1.807) is 12.1 Å². The highest BCUT2D eigenvalue weighted by molar-refractivity contribution is 6.11. The molecular formula is C89H112F2N2O4. The zero-order valence-corrected chi connectivity index (χ0v) is 63.6. The average Bonchev–Trinajstić information content (AvgIpc) is 1.60. The molecule has 0 bridgehead atoms. The molecule has 8 aromatic carbocycles. The van der Waals surface area contributed by atoms with Gasteiger partial charge in [-0.3, -0.25) is 0 Å². The van der Waals surface area contributed by atoms with Crippen LogP contribution in [0.25, 0.3) is 77.2 Å². The lowest BCUT2D eigenvalue weighted by Gasteiger charge is -2.34. The Kier molecular flexibility index (Phi) is 18.8. The summed E-state index contributed by atoms with van der Waals surface area (Å²) in [5.74, 6) is -0.156. The first kappa shape index (κ1) is 72.2. The zero-order valence-electron chi connectivity index (χ0n) is 63.6. The van der Waals surface area contributed by atoms with E-state index in [1.165, 1.54) is 34.4 Å². The van der Waals surface area contributed by atoms with Gasteiger partial charge in [0.15, 0.2) is 0 Å². The van der Waals surface area contributed by atoms with E-state index < -0.39 is 22.5 Å². The number of ether oxygens (including phenoxy) is 2. The SMILES string of the molecule is CC(C)c1cc(F)cc(-c2cc(C(C)(C)CC(C)(C)C)cc(-n3c4cc(C(C)(C)C)ccc4c4ccc(C(C)(C)C)cc43)c2O)c1OCCCOc1c(-c2cc(C(C)(C)CC(C)(C)C)cc(-n3c4cc(C(C)(C)C)ccc4c4ccc(C(C)(C)C)cc43)c2O)cc(F)cc1C(C)C. The van der Waals surface area contributed by atoms with Crippen molar-refractivity contribution in [2.45, 2.75) is 244 Å². The minimum absolute atomic E-state index is 0.0229. The Hall–Kier alpha value is -7.58. The standard InChI is InChI=1S/C89H112F2N2O4/c1-52(2)66-46-60(90)48-70(68-38-58(88(23,24)50-82(5,6)7)44-76(78(68)94)92-72-40-54(84(11,12)13)28-32-62(72)63-33-29-55(41-73(63)92)85(14,15)16)80(66)96-36-27-37-97-81-67(53(3)4)47-61(91)49-71(81)69-39-59(89(25,26)51-83(8,9)10)45-77(79(69)95)93-74-42-56(86(17,18)19)30-34-64(74)65-35-31-57(43-75(65)93)87(20,21)22/h28-35,38-49,52-53,94-95H,27,36-37,50-51H2,1-26H3. The number of phenols is 2. The maximum absolute atomic E-state index is 16.7. The van der Waals surface area contributed by atoms with Gasteiger partial charge in [-0.15, -0.1) is 0 Å². The molecule has 0 aliphatic carbocycles. The summed E-state index contributed by atoms with van der Waals surface area (Å²) in [5, 5.41) is 31.1. The van der Waals surface area contributed by atoms with E-state index in [4.69, 9.17) is 9.47 Å². The number of hydrogen-bond donors (Lipinski definition) is 2. The van der Waals surface area contributed by atoms with Crippen LogP contribution < -0.4 is 9.47 Å². The molecule has 0 saturated heterocycles. The number of aromatic nitrogens is 2. The summed E-state index contributed by atoms with van der Waals surface area (Å²) in [4.78, 5) is 0. The first-order valence-corrected chi connectivity index (χ1v) is 35.5. The number of halogens is 2. The molecule has 0 saturated carbocycles. The molecule has 2 N–H and O–H groups in total. The third-order valence-electron chi connectivity index (χ3n) is 19.9. The maximum Gasteiger partial charge on any atom is 0.147 e. The van der Waals surface area contributed by atoms with Crippen LogP contribution >= 0.6 is 0 Å². The van der Waals surface area contributed by atoms with E-state index in [0.29, 0.717) is 62.7 Å². The molecule has 6 nitrogen and oxygen atoms in total. The fraction of sp³-hybridized carbons (Fsp3) is 0.461. The number of hydrogen-bond acceptors (Lipinski definition) is 4. The number of aromatic hydroxyl groups is 2. The predicted octanol–water partition coefficient (Wildman–Crippen LogP) is 25.6. The van der Waals surface area contributed by atoms with Gasteiger partial charge in [-0.1, -0.05) is 229 Å². The lowest BCUT2D eigenvalue weighted by molar-refractivity contribution is 0.245. The van der Waals surface area contributed by atoms with Crippen molar-refractivity contribution < 1.29 is 28.5 Å². The Morgan fingerprint density at radius 1 is 0.351 bits per heavy atom. The van der Waals surface area contributed by atoms with Gasteiger partial charge in [-0.25, -0.2) is 8.78 Å². The van der Waals surface area contributed by atoms with E-state index in [2.05, 4.69) is 259 Å². The topological polar surface area (TPSA) is 68.8 Å². The lowest BCUT2D eigenvalue weighted by atomic mass is 9.71. The second-order valence-corrected chi connectivity index (χ2v) is 36.7. The molecule has 10 rings (SSSR count). The monoisotopic (exact) mass is 1310 g/mol. The highest BCUT2D eigenvalue weighted by atomic mass is 19.1. The van der Waals surface area contributed by atoms with Gasteiger partial charge >= 0.3 is 0 Å². The molecular weight excluding hydrogens is 1200 g/mol. The number of benzene rings is 8. The first-order chi connectivity index (χ1) is 44.6. The largest absolute Gasteiger partial charge is 0.505 e. The van der Waals surface area contributed by atoms with Crippen molar-refractivity contribution in [1.29, 1.82) is 0 Å². The molecule has 0 aliphatic heterocycles. The van der Waals surface area contributed by atoms with Crippen molar-refractivity contribution in [2.24, 2.45) is 10.8 Å². The fourth-order valence-electron chi connectivity index (χ4n) is 15.3. The smallest absolute Gasteiger partial charge is 0.147 e. The van der Waals surface area contributed by atoms with Crippen LogP contribution in [0.15, 0.2) is 121 Å². The second kappa shape index (κ2) is 25.3. The highest BCUT2D eigenvalue weighted by Crippen LogP contribution is 2.52. The highest BCUT2D eigenvalue weighted by Gasteiger charge is 2.35.